The van der Waals surface area contributed by atoms with E-state index in [0.717, 1.165) is 0 Å². The largest absolute Gasteiger partial charge is 0.481 e. The van der Waals surface area contributed by atoms with Gasteiger partial charge in [-0.15, -0.1) is 0 Å². The van der Waals surface area contributed by atoms with E-state index in [0.29, 0.717) is 16.2 Å². The number of nitro groups is 1. The molecule has 2 atom stereocenters. The topological polar surface area (TPSA) is 121 Å². The Balaban J connectivity index is 2.13. The van der Waals surface area contributed by atoms with Gasteiger partial charge in [0.2, 0.25) is 0 Å². The van der Waals surface area contributed by atoms with Crippen LogP contribution in [0.3, 0.4) is 0 Å². The Morgan fingerprint density at radius 3 is 2.33 bits per heavy atom. The summed E-state index contributed by atoms with van der Waals surface area (Å²) in [5.41, 5.74) is 0.533. The van der Waals surface area contributed by atoms with Gasteiger partial charge in [0.05, 0.1) is 4.92 Å². The third-order valence-corrected chi connectivity index (χ3v) is 4.03. The first kappa shape index (κ1) is 15.6. The molecule has 8 nitrogen and oxygen atoms in total. The van der Waals surface area contributed by atoms with E-state index >= 15 is 0 Å². The van der Waals surface area contributed by atoms with Crippen LogP contribution in [-0.2, 0) is 4.79 Å². The van der Waals surface area contributed by atoms with Crippen LogP contribution >= 0.6 is 0 Å². The molecule has 0 unspecified atom stereocenters. The average molecular weight is 328 g/mol. The van der Waals surface area contributed by atoms with E-state index in [1.54, 1.807) is 12.1 Å². The van der Waals surface area contributed by atoms with E-state index in [2.05, 4.69) is 0 Å². The number of hydroxylamine groups is 2. The van der Waals surface area contributed by atoms with Gasteiger partial charge >= 0.3 is 5.97 Å². The van der Waals surface area contributed by atoms with Crippen molar-refractivity contribution in [3.05, 3.63) is 75.3 Å². The van der Waals surface area contributed by atoms with E-state index in [9.17, 15) is 30.0 Å². The van der Waals surface area contributed by atoms with Crippen LogP contribution in [0.4, 0.5) is 5.69 Å². The number of benzene rings is 2. The number of carbonyl (C=O) groups is 2. The quantitative estimate of drug-likeness (QED) is 0.507. The molecule has 0 radical (unpaired) electrons. The molecule has 0 aliphatic carbocycles. The van der Waals surface area contributed by atoms with E-state index in [1.807, 2.05) is 0 Å². The zero-order valence-electron chi connectivity index (χ0n) is 12.2. The van der Waals surface area contributed by atoms with Crippen LogP contribution in [0, 0.1) is 10.1 Å². The van der Waals surface area contributed by atoms with Crippen molar-refractivity contribution in [1.82, 2.24) is 5.06 Å². The van der Waals surface area contributed by atoms with Gasteiger partial charge in [0.15, 0.2) is 0 Å². The van der Waals surface area contributed by atoms with Crippen molar-refractivity contribution in [2.24, 2.45) is 0 Å². The lowest BCUT2D eigenvalue weighted by molar-refractivity contribution is -0.384. The second kappa shape index (κ2) is 5.74. The highest BCUT2D eigenvalue weighted by molar-refractivity contribution is 5.99. The number of rotatable bonds is 3. The minimum atomic E-state index is -1.21. The van der Waals surface area contributed by atoms with Gasteiger partial charge in [-0.05, 0) is 29.3 Å². The van der Waals surface area contributed by atoms with Gasteiger partial charge in [-0.1, -0.05) is 18.2 Å². The van der Waals surface area contributed by atoms with Crippen LogP contribution in [0.1, 0.15) is 33.4 Å². The van der Waals surface area contributed by atoms with Crippen LogP contribution in [0.5, 0.6) is 0 Å². The molecule has 1 heterocycles. The van der Waals surface area contributed by atoms with Crippen LogP contribution in [0.2, 0.25) is 0 Å². The normalized spacial score (nSPS) is 19.7. The molecule has 24 heavy (non-hydrogen) atoms. The number of non-ortho nitro benzene ring substituents is 1. The lowest BCUT2D eigenvalue weighted by Crippen LogP contribution is -2.42. The molecule has 0 aromatic heterocycles. The van der Waals surface area contributed by atoms with Crippen molar-refractivity contribution < 1.29 is 24.8 Å². The maximum absolute atomic E-state index is 12.3. The second-order valence-corrected chi connectivity index (χ2v) is 5.35. The molecule has 3 rings (SSSR count). The molecule has 0 saturated heterocycles. The predicted molar refractivity (Wildman–Crippen MR) is 80.6 cm³/mol. The van der Waals surface area contributed by atoms with Crippen LogP contribution < -0.4 is 0 Å². The van der Waals surface area contributed by atoms with E-state index in [1.165, 1.54) is 36.4 Å². The molecule has 0 bridgehead atoms. The fourth-order valence-electron chi connectivity index (χ4n) is 2.92. The number of carboxylic acid groups (broad SMARTS) is 1. The number of fused-ring (bicyclic) bond motifs is 1. The van der Waals surface area contributed by atoms with Gasteiger partial charge in [0.1, 0.15) is 12.0 Å². The van der Waals surface area contributed by atoms with Gasteiger partial charge in [0.25, 0.3) is 11.6 Å². The molecule has 0 spiro atoms. The smallest absolute Gasteiger partial charge is 0.313 e. The van der Waals surface area contributed by atoms with Crippen molar-refractivity contribution in [1.29, 1.82) is 0 Å². The van der Waals surface area contributed by atoms with Gasteiger partial charge in [-0.3, -0.25) is 24.9 Å². The van der Waals surface area contributed by atoms with Crippen molar-refractivity contribution in [2.75, 3.05) is 0 Å². The number of hydrogen-bond acceptors (Lipinski definition) is 5. The minimum absolute atomic E-state index is 0.116. The molecular weight excluding hydrogens is 316 g/mol. The van der Waals surface area contributed by atoms with Crippen molar-refractivity contribution >= 4 is 17.6 Å². The summed E-state index contributed by atoms with van der Waals surface area (Å²) in [6, 6.07) is 10.1. The Morgan fingerprint density at radius 1 is 1.12 bits per heavy atom. The molecule has 2 N–H and O–H groups in total. The Hall–Kier alpha value is -3.26. The zero-order chi connectivity index (χ0) is 17.4. The minimum Gasteiger partial charge on any atom is -0.481 e. The fraction of sp³-hybridized carbons (Fsp3) is 0.125. The van der Waals surface area contributed by atoms with E-state index in [4.69, 9.17) is 0 Å². The van der Waals surface area contributed by atoms with Gasteiger partial charge in [-0.25, -0.2) is 5.06 Å². The molecule has 0 saturated carbocycles. The summed E-state index contributed by atoms with van der Waals surface area (Å²) < 4.78 is 0. The maximum atomic E-state index is 12.3. The SMILES string of the molecule is O=C(O)[C@H]1c2ccccc2C(=O)N(O)[C@@H]1c1ccc([N+](=O)[O-])cc1. The number of hydrogen-bond donors (Lipinski definition) is 2. The number of amides is 1. The number of nitro benzene ring substituents is 1. The number of nitrogens with zero attached hydrogens (tertiary/aromatic N) is 2. The Bertz CT molecular complexity index is 833. The first-order valence-corrected chi connectivity index (χ1v) is 7.00. The van der Waals surface area contributed by atoms with E-state index in [-0.39, 0.29) is 11.3 Å². The highest BCUT2D eigenvalue weighted by atomic mass is 16.6. The number of carboxylic acids is 1. The molecule has 8 heteroatoms. The van der Waals surface area contributed by atoms with Crippen molar-refractivity contribution in [3.63, 3.8) is 0 Å². The predicted octanol–water partition coefficient (Wildman–Crippen LogP) is 2.35. The second-order valence-electron chi connectivity index (χ2n) is 5.35. The van der Waals surface area contributed by atoms with Crippen LogP contribution in [0.25, 0.3) is 0 Å². The molecule has 1 amide bonds. The molecular formula is C16H12N2O6. The molecule has 1 aliphatic rings. The van der Waals surface area contributed by atoms with Gasteiger partial charge < -0.3 is 5.11 Å². The summed E-state index contributed by atoms with van der Waals surface area (Å²) in [6.07, 6.45) is 0. The molecule has 1 aliphatic heterocycles. The summed E-state index contributed by atoms with van der Waals surface area (Å²) >= 11 is 0. The summed E-state index contributed by atoms with van der Waals surface area (Å²) in [5, 5.41) is 30.9. The average Bonchev–Trinajstić information content (AvgIpc) is 2.57. The third-order valence-electron chi connectivity index (χ3n) is 4.03. The highest BCUT2D eigenvalue weighted by Gasteiger charge is 2.44. The first-order chi connectivity index (χ1) is 11.4. The number of carbonyl (C=O) groups excluding carboxylic acids is 1. The highest BCUT2D eigenvalue weighted by Crippen LogP contribution is 2.42. The van der Waals surface area contributed by atoms with Crippen molar-refractivity contribution in [2.45, 2.75) is 12.0 Å². The standard InChI is InChI=1S/C16H12N2O6/c19-15-12-4-2-1-3-11(12)13(16(20)21)14(17(15)22)9-5-7-10(8-6-9)18(23)24/h1-8,13-14,22H,(H,20,21)/t13-,14+/m0/s1. The third kappa shape index (κ3) is 2.38. The number of aliphatic carboxylic acids is 1. The Kier molecular flexibility index (Phi) is 3.74. The monoisotopic (exact) mass is 328 g/mol. The van der Waals surface area contributed by atoms with Crippen LogP contribution in [-0.4, -0.2) is 32.2 Å². The van der Waals surface area contributed by atoms with Crippen LogP contribution in [0.15, 0.2) is 48.5 Å². The zero-order valence-corrected chi connectivity index (χ0v) is 12.2. The maximum Gasteiger partial charge on any atom is 0.313 e. The first-order valence-electron chi connectivity index (χ1n) is 7.00. The lowest BCUT2D eigenvalue weighted by atomic mass is 9.81. The molecule has 2 aromatic carbocycles. The molecule has 122 valence electrons. The fourth-order valence-corrected chi connectivity index (χ4v) is 2.92. The Morgan fingerprint density at radius 2 is 1.75 bits per heavy atom. The Labute approximate surface area is 135 Å². The van der Waals surface area contributed by atoms with Gasteiger partial charge in [0, 0.05) is 17.7 Å². The van der Waals surface area contributed by atoms with Gasteiger partial charge in [-0.2, -0.15) is 0 Å². The summed E-state index contributed by atoms with van der Waals surface area (Å²) in [7, 11) is 0. The summed E-state index contributed by atoms with van der Waals surface area (Å²) in [5.74, 6) is -3.12. The van der Waals surface area contributed by atoms with Crippen molar-refractivity contribution in [3.8, 4) is 0 Å². The lowest BCUT2D eigenvalue weighted by Gasteiger charge is -2.36. The summed E-state index contributed by atoms with van der Waals surface area (Å²) in [6.45, 7) is 0. The summed E-state index contributed by atoms with van der Waals surface area (Å²) in [4.78, 5) is 34.2. The molecule has 0 fully saturated rings. The van der Waals surface area contributed by atoms with E-state index < -0.39 is 28.8 Å². The molecule has 2 aromatic rings.